The Labute approximate surface area is 75.2 Å². The molecule has 0 aliphatic carbocycles. The second kappa shape index (κ2) is 4.89. The van der Waals surface area contributed by atoms with Crippen LogP contribution in [0.1, 0.15) is 6.42 Å². The molecule has 0 aromatic heterocycles. The second-order valence-corrected chi connectivity index (χ2v) is 12.8. The second-order valence-electron chi connectivity index (χ2n) is 3.13. The van der Waals surface area contributed by atoms with Crippen molar-refractivity contribution in [3.63, 3.8) is 0 Å². The zero-order valence-electron chi connectivity index (χ0n) is 7.68. The fourth-order valence-electron chi connectivity index (χ4n) is 1.45. The Morgan fingerprint density at radius 3 is 1.73 bits per heavy atom. The van der Waals surface area contributed by atoms with Crippen LogP contribution in [-0.2, 0) is 4.79 Å². The van der Waals surface area contributed by atoms with Crippen LogP contribution in [0.2, 0.25) is 23.9 Å². The van der Waals surface area contributed by atoms with Crippen LogP contribution in [0.5, 0.6) is 0 Å². The average molecular weight is 206 g/mol. The third-order valence-corrected chi connectivity index (χ3v) is 17.0. The predicted molar refractivity (Wildman–Crippen MR) is 58.2 cm³/mol. The summed E-state index contributed by atoms with van der Waals surface area (Å²) in [5, 5.41) is 8.71. The number of aliphatic carboxylic acids is 1. The Kier molecular flexibility index (Phi) is 4.94. The number of hydrogen-bond donors (Lipinski definition) is 1. The molecule has 0 amide bonds. The molecular formula is C6H18O2Si3. The molecule has 0 unspecified atom stereocenters. The van der Waals surface area contributed by atoms with E-state index in [1.165, 1.54) is 0 Å². The maximum Gasteiger partial charge on any atom is 0.302 e. The largest absolute Gasteiger partial charge is 0.481 e. The van der Waals surface area contributed by atoms with E-state index < -0.39 is 5.97 Å². The highest BCUT2D eigenvalue weighted by molar-refractivity contribution is 6.79. The molecule has 0 fully saturated rings. The summed E-state index contributed by atoms with van der Waals surface area (Å²) >= 11 is 0. The maximum absolute atomic E-state index is 10.6. The number of carboxylic acids is 1. The van der Waals surface area contributed by atoms with Crippen molar-refractivity contribution in [2.45, 2.75) is 30.3 Å². The monoisotopic (exact) mass is 206 g/mol. The SMILES string of the molecule is C[SiH2]C(CC(=O)O)([SiH2]C)[SiH2]C. The van der Waals surface area contributed by atoms with Gasteiger partial charge in [0.05, 0.1) is 0 Å². The average Bonchev–Trinajstić information content (AvgIpc) is 2.00. The molecule has 0 aliphatic rings. The van der Waals surface area contributed by atoms with Crippen LogP contribution in [0.3, 0.4) is 0 Å². The van der Waals surface area contributed by atoms with Crippen LogP contribution >= 0.6 is 0 Å². The minimum absolute atomic E-state index is 0.0791. The molecule has 0 bridgehead atoms. The number of carbonyl (C=O) groups is 1. The van der Waals surface area contributed by atoms with Crippen molar-refractivity contribution >= 4 is 34.5 Å². The van der Waals surface area contributed by atoms with Crippen LogP contribution < -0.4 is 0 Å². The zero-order valence-corrected chi connectivity index (χ0v) is 11.9. The molecule has 0 spiro atoms. The van der Waals surface area contributed by atoms with E-state index in [0.717, 1.165) is 0 Å². The highest BCUT2D eigenvalue weighted by Crippen LogP contribution is 2.25. The van der Waals surface area contributed by atoms with E-state index in [1.54, 1.807) is 0 Å². The Morgan fingerprint density at radius 1 is 1.27 bits per heavy atom. The zero-order chi connectivity index (χ0) is 8.91. The van der Waals surface area contributed by atoms with Gasteiger partial charge in [-0.05, 0) is 4.28 Å². The number of hydrogen-bond acceptors (Lipinski definition) is 1. The Morgan fingerprint density at radius 2 is 1.64 bits per heavy atom. The van der Waals surface area contributed by atoms with Crippen LogP contribution in [0, 0.1) is 0 Å². The lowest BCUT2D eigenvalue weighted by Crippen LogP contribution is -2.32. The molecule has 0 aromatic rings. The Balaban J connectivity index is 4.16. The van der Waals surface area contributed by atoms with Crippen molar-refractivity contribution in [3.05, 3.63) is 0 Å². The van der Waals surface area contributed by atoms with Crippen molar-refractivity contribution in [2.75, 3.05) is 0 Å². The number of carboxylic acid groups (broad SMARTS) is 1. The molecule has 0 aromatic carbocycles. The molecule has 0 heterocycles. The highest BCUT2D eigenvalue weighted by Gasteiger charge is 2.27. The molecule has 2 nitrogen and oxygen atoms in total. The van der Waals surface area contributed by atoms with Gasteiger partial charge in [0, 0.05) is 35.0 Å². The topological polar surface area (TPSA) is 37.3 Å². The molecule has 66 valence electrons. The van der Waals surface area contributed by atoms with Gasteiger partial charge < -0.3 is 5.11 Å². The molecule has 1 N–H and O–H groups in total. The molecule has 11 heavy (non-hydrogen) atoms. The quantitative estimate of drug-likeness (QED) is 0.597. The van der Waals surface area contributed by atoms with Gasteiger partial charge in [0.15, 0.2) is 0 Å². The van der Waals surface area contributed by atoms with Crippen molar-refractivity contribution in [2.24, 2.45) is 0 Å². The summed E-state index contributed by atoms with van der Waals surface area (Å²) in [5.74, 6) is -0.567. The standard InChI is InChI=1S/C6H18O2Si3/c1-9-6(10-2,11-3)4-5(7)8/h4,9-11H2,1-3H3,(H,7,8). The van der Waals surface area contributed by atoms with Crippen LogP contribution in [-0.4, -0.2) is 39.6 Å². The first-order chi connectivity index (χ1) is 5.10. The van der Waals surface area contributed by atoms with Gasteiger partial charge in [-0.1, -0.05) is 19.6 Å². The van der Waals surface area contributed by atoms with Crippen molar-refractivity contribution in [1.29, 1.82) is 0 Å². The first-order valence-corrected chi connectivity index (χ1v) is 10.7. The minimum atomic E-state index is -0.567. The molecule has 5 heteroatoms. The van der Waals surface area contributed by atoms with Gasteiger partial charge in [-0.3, -0.25) is 4.79 Å². The van der Waals surface area contributed by atoms with E-state index in [1.807, 2.05) is 0 Å². The van der Waals surface area contributed by atoms with Gasteiger partial charge in [0.25, 0.3) is 0 Å². The minimum Gasteiger partial charge on any atom is -0.481 e. The fraction of sp³-hybridized carbons (Fsp3) is 0.833. The summed E-state index contributed by atoms with van der Waals surface area (Å²) in [6.07, 6.45) is 0.501. The number of rotatable bonds is 5. The third kappa shape index (κ3) is 3.35. The van der Waals surface area contributed by atoms with Gasteiger partial charge in [-0.25, -0.2) is 0 Å². The van der Waals surface area contributed by atoms with Gasteiger partial charge in [-0.15, -0.1) is 0 Å². The van der Waals surface area contributed by atoms with Gasteiger partial charge >= 0.3 is 5.97 Å². The Bertz CT molecular complexity index is 126. The van der Waals surface area contributed by atoms with E-state index >= 15 is 0 Å². The molecule has 0 rings (SSSR count). The van der Waals surface area contributed by atoms with Gasteiger partial charge in [-0.2, -0.15) is 0 Å². The van der Waals surface area contributed by atoms with E-state index in [4.69, 9.17) is 5.11 Å². The summed E-state index contributed by atoms with van der Waals surface area (Å²) in [6, 6.07) is 0. The van der Waals surface area contributed by atoms with Crippen LogP contribution in [0.15, 0.2) is 0 Å². The maximum atomic E-state index is 10.6. The molecule has 0 atom stereocenters. The van der Waals surface area contributed by atoms with E-state index in [2.05, 4.69) is 19.6 Å². The first-order valence-electron chi connectivity index (χ1n) is 4.32. The first kappa shape index (κ1) is 11.1. The summed E-state index contributed by atoms with van der Waals surface area (Å²) in [4.78, 5) is 10.6. The Hall–Kier alpha value is 0.121. The predicted octanol–water partition coefficient (Wildman–Crippen LogP) is -0.815. The lowest BCUT2D eigenvalue weighted by molar-refractivity contribution is -0.136. The lowest BCUT2D eigenvalue weighted by Gasteiger charge is -2.26. The van der Waals surface area contributed by atoms with E-state index in [0.29, 0.717) is 10.7 Å². The fourth-order valence-corrected chi connectivity index (χ4v) is 8.84. The van der Waals surface area contributed by atoms with Crippen molar-refractivity contribution < 1.29 is 9.90 Å². The normalized spacial score (nSPS) is 19.2. The molecule has 0 saturated carbocycles. The highest BCUT2D eigenvalue weighted by atomic mass is 28.3. The summed E-state index contributed by atoms with van der Waals surface area (Å²) in [7, 11) is -0.237. The molecule has 0 aliphatic heterocycles. The smallest absolute Gasteiger partial charge is 0.302 e. The molecular weight excluding hydrogens is 188 g/mol. The summed E-state index contributed by atoms with van der Waals surface area (Å²) in [6.45, 7) is 6.82. The van der Waals surface area contributed by atoms with Gasteiger partial charge in [0.2, 0.25) is 0 Å². The molecule has 0 saturated heterocycles. The van der Waals surface area contributed by atoms with Crippen molar-refractivity contribution in [1.82, 2.24) is 0 Å². The summed E-state index contributed by atoms with van der Waals surface area (Å²) in [5.41, 5.74) is 0. The summed E-state index contributed by atoms with van der Waals surface area (Å²) < 4.78 is 0.464. The van der Waals surface area contributed by atoms with E-state index in [9.17, 15) is 4.79 Å². The lowest BCUT2D eigenvalue weighted by atomic mass is 10.5. The van der Waals surface area contributed by atoms with Crippen molar-refractivity contribution in [3.8, 4) is 0 Å². The van der Waals surface area contributed by atoms with E-state index in [-0.39, 0.29) is 28.6 Å². The van der Waals surface area contributed by atoms with Crippen LogP contribution in [0.4, 0.5) is 0 Å². The molecule has 0 radical (unpaired) electrons. The van der Waals surface area contributed by atoms with Crippen LogP contribution in [0.25, 0.3) is 0 Å². The van der Waals surface area contributed by atoms with Gasteiger partial charge in [0.1, 0.15) is 0 Å². The third-order valence-electron chi connectivity index (χ3n) is 2.78.